The minimum absolute atomic E-state index is 0.141. The fourth-order valence-electron chi connectivity index (χ4n) is 4.21. The number of nitrogens with zero attached hydrogens (tertiary/aromatic N) is 1. The molecule has 0 saturated carbocycles. The molecule has 182 valence electrons. The molecule has 0 spiro atoms. The number of nitrogens with one attached hydrogen (secondary N) is 1. The highest BCUT2D eigenvalue weighted by Crippen LogP contribution is 2.36. The van der Waals surface area contributed by atoms with Gasteiger partial charge in [0.2, 0.25) is 10.0 Å². The molecule has 3 aromatic rings. The maximum atomic E-state index is 13.6. The summed E-state index contributed by atoms with van der Waals surface area (Å²) in [6, 6.07) is 9.37. The van der Waals surface area contributed by atoms with E-state index < -0.39 is 38.3 Å². The summed E-state index contributed by atoms with van der Waals surface area (Å²) in [6.07, 6.45) is -4.00. The number of hydrogen-bond acceptors (Lipinski definition) is 4. The molecule has 1 fully saturated rings. The summed E-state index contributed by atoms with van der Waals surface area (Å²) < 4.78 is 74.4. The first-order valence-corrected chi connectivity index (χ1v) is 12.3. The third-order valence-corrected chi connectivity index (χ3v) is 8.09. The van der Waals surface area contributed by atoms with E-state index in [0.717, 1.165) is 40.1 Å². The van der Waals surface area contributed by atoms with E-state index in [1.165, 1.54) is 6.07 Å². The van der Waals surface area contributed by atoms with Crippen LogP contribution in [0.2, 0.25) is 0 Å². The normalized spacial score (nSPS) is 17.1. The monoisotopic (exact) mass is 494 g/mol. The highest BCUT2D eigenvalue weighted by molar-refractivity contribution is 7.89. The quantitative estimate of drug-likeness (QED) is 0.546. The molecule has 0 bridgehead atoms. The van der Waals surface area contributed by atoms with Gasteiger partial charge in [0.05, 0.1) is 22.1 Å². The number of alkyl halides is 3. The third-order valence-electron chi connectivity index (χ3n) is 6.22. The van der Waals surface area contributed by atoms with Crippen LogP contribution in [0.4, 0.5) is 13.2 Å². The Bertz CT molecular complexity index is 1380. The molecule has 1 atom stereocenters. The number of halogens is 3. The lowest BCUT2D eigenvalue weighted by atomic mass is 10.0. The standard InChI is InChI=1S/C24H25F3N2O4S/c1-15-9-10-17-12-18(23(30)28-22(17)16(15)2)13-29(14-19-6-5-11-33-19)34(31,32)21-8-4-3-7-20(21)24(25,26)27/h3-4,7-10,12,19H,5-6,11,13-14H2,1-2H3,(H,28,30)/t19-/m0/s1. The van der Waals surface area contributed by atoms with Crippen LogP contribution in [0, 0.1) is 13.8 Å². The van der Waals surface area contributed by atoms with Crippen LogP contribution in [0.1, 0.15) is 35.1 Å². The number of rotatable bonds is 6. The molecule has 6 nitrogen and oxygen atoms in total. The molecule has 10 heteroatoms. The summed E-state index contributed by atoms with van der Waals surface area (Å²) in [5.41, 5.74) is 0.932. The molecule has 1 N–H and O–H groups in total. The predicted octanol–water partition coefficient (Wildman–Crippen LogP) is 4.53. The fraction of sp³-hybridized carbons (Fsp3) is 0.375. The van der Waals surface area contributed by atoms with Crippen molar-refractivity contribution in [3.8, 4) is 0 Å². The number of pyridine rings is 1. The van der Waals surface area contributed by atoms with Crippen LogP contribution < -0.4 is 5.56 Å². The predicted molar refractivity (Wildman–Crippen MR) is 122 cm³/mol. The molecule has 1 aliphatic rings. The first-order chi connectivity index (χ1) is 16.0. The molecule has 34 heavy (non-hydrogen) atoms. The number of aryl methyl sites for hydroxylation is 2. The molecule has 1 aliphatic heterocycles. The Balaban J connectivity index is 1.80. The molecular formula is C24H25F3N2O4S. The second-order valence-corrected chi connectivity index (χ2v) is 10.4. The summed E-state index contributed by atoms with van der Waals surface area (Å²) in [4.78, 5) is 14.8. The number of hydrogen-bond donors (Lipinski definition) is 1. The van der Waals surface area contributed by atoms with Gasteiger partial charge >= 0.3 is 6.18 Å². The van der Waals surface area contributed by atoms with Gasteiger partial charge in [0.15, 0.2) is 0 Å². The van der Waals surface area contributed by atoms with Gasteiger partial charge in [-0.2, -0.15) is 17.5 Å². The number of ether oxygens (including phenoxy) is 1. The first kappa shape index (κ1) is 24.4. The number of benzene rings is 2. The van der Waals surface area contributed by atoms with Crippen LogP contribution in [-0.2, 0) is 27.5 Å². The van der Waals surface area contributed by atoms with Crippen LogP contribution in [0.25, 0.3) is 10.9 Å². The van der Waals surface area contributed by atoms with Crippen molar-refractivity contribution in [3.05, 3.63) is 75.1 Å². The van der Waals surface area contributed by atoms with E-state index in [9.17, 15) is 26.4 Å². The minimum atomic E-state index is -4.85. The number of H-pyrrole nitrogens is 1. The topological polar surface area (TPSA) is 79.5 Å². The van der Waals surface area contributed by atoms with Gasteiger partial charge in [-0.1, -0.05) is 24.3 Å². The third kappa shape index (κ3) is 4.75. The fourth-order valence-corrected chi connectivity index (χ4v) is 5.87. The summed E-state index contributed by atoms with van der Waals surface area (Å²) in [5.74, 6) is 0. The highest BCUT2D eigenvalue weighted by Gasteiger charge is 2.39. The van der Waals surface area contributed by atoms with Crippen molar-refractivity contribution in [2.45, 2.75) is 50.4 Å². The van der Waals surface area contributed by atoms with Crippen LogP contribution in [-0.4, -0.2) is 37.0 Å². The van der Waals surface area contributed by atoms with Crippen LogP contribution in [0.3, 0.4) is 0 Å². The second kappa shape index (κ2) is 9.16. The zero-order valence-corrected chi connectivity index (χ0v) is 19.6. The summed E-state index contributed by atoms with van der Waals surface area (Å²) in [6.45, 7) is 3.70. The van der Waals surface area contributed by atoms with E-state index in [2.05, 4.69) is 4.98 Å². The smallest absolute Gasteiger partial charge is 0.377 e. The van der Waals surface area contributed by atoms with Gasteiger partial charge < -0.3 is 9.72 Å². The lowest BCUT2D eigenvalue weighted by Gasteiger charge is -2.26. The molecule has 2 aromatic carbocycles. The Labute approximate surface area is 195 Å². The van der Waals surface area contributed by atoms with E-state index in [4.69, 9.17) is 4.74 Å². The van der Waals surface area contributed by atoms with E-state index >= 15 is 0 Å². The molecule has 0 unspecified atom stereocenters. The van der Waals surface area contributed by atoms with Crippen molar-refractivity contribution in [1.29, 1.82) is 0 Å². The largest absolute Gasteiger partial charge is 0.417 e. The molecule has 1 saturated heterocycles. The molecular weight excluding hydrogens is 469 g/mol. The van der Waals surface area contributed by atoms with E-state index in [1.54, 1.807) is 6.07 Å². The van der Waals surface area contributed by atoms with Gasteiger partial charge in [0.1, 0.15) is 0 Å². The van der Waals surface area contributed by atoms with E-state index in [1.807, 2.05) is 26.0 Å². The first-order valence-electron chi connectivity index (χ1n) is 10.9. The van der Waals surface area contributed by atoms with Crippen molar-refractivity contribution in [3.63, 3.8) is 0 Å². The Morgan fingerprint density at radius 1 is 1.15 bits per heavy atom. The van der Waals surface area contributed by atoms with Crippen LogP contribution >= 0.6 is 0 Å². The zero-order chi connectivity index (χ0) is 24.7. The highest BCUT2D eigenvalue weighted by atomic mass is 32.2. The number of sulfonamides is 1. The van der Waals surface area contributed by atoms with Crippen LogP contribution in [0.5, 0.6) is 0 Å². The van der Waals surface area contributed by atoms with Crippen molar-refractivity contribution in [1.82, 2.24) is 9.29 Å². The van der Waals surface area contributed by atoms with E-state index in [-0.39, 0.29) is 18.7 Å². The van der Waals surface area contributed by atoms with Crippen molar-refractivity contribution in [2.24, 2.45) is 0 Å². The number of aromatic nitrogens is 1. The molecule has 4 rings (SSSR count). The molecule has 0 radical (unpaired) electrons. The Kier molecular flexibility index (Phi) is 6.58. The van der Waals surface area contributed by atoms with Gasteiger partial charge in [0, 0.05) is 25.3 Å². The average molecular weight is 495 g/mol. The lowest BCUT2D eigenvalue weighted by molar-refractivity contribution is -0.139. The number of aromatic amines is 1. The minimum Gasteiger partial charge on any atom is -0.377 e. The average Bonchev–Trinajstić information content (AvgIpc) is 3.29. The maximum Gasteiger partial charge on any atom is 0.417 e. The number of fused-ring (bicyclic) bond motifs is 1. The Morgan fingerprint density at radius 3 is 2.56 bits per heavy atom. The Morgan fingerprint density at radius 2 is 1.88 bits per heavy atom. The Hall–Kier alpha value is -2.69. The zero-order valence-electron chi connectivity index (χ0n) is 18.8. The summed E-state index contributed by atoms with van der Waals surface area (Å²) in [5, 5.41) is 0.711. The second-order valence-electron chi connectivity index (χ2n) is 8.52. The lowest BCUT2D eigenvalue weighted by Crippen LogP contribution is -2.39. The SMILES string of the molecule is Cc1ccc2cc(CN(C[C@@H]3CCCO3)S(=O)(=O)c3ccccc3C(F)(F)F)c(=O)[nH]c2c1C. The van der Waals surface area contributed by atoms with E-state index in [0.29, 0.717) is 23.9 Å². The summed E-state index contributed by atoms with van der Waals surface area (Å²) >= 11 is 0. The van der Waals surface area contributed by atoms with Crippen molar-refractivity contribution in [2.75, 3.05) is 13.2 Å². The van der Waals surface area contributed by atoms with Crippen molar-refractivity contribution >= 4 is 20.9 Å². The van der Waals surface area contributed by atoms with Gasteiger partial charge in [-0.15, -0.1) is 0 Å². The molecule has 0 aliphatic carbocycles. The molecule has 1 aromatic heterocycles. The van der Waals surface area contributed by atoms with Gasteiger partial charge in [-0.25, -0.2) is 8.42 Å². The molecule has 2 heterocycles. The van der Waals surface area contributed by atoms with Crippen LogP contribution in [0.15, 0.2) is 52.2 Å². The van der Waals surface area contributed by atoms with Crippen molar-refractivity contribution < 1.29 is 26.3 Å². The van der Waals surface area contributed by atoms with Gasteiger partial charge in [-0.05, 0) is 61.4 Å². The van der Waals surface area contributed by atoms with Gasteiger partial charge in [0.25, 0.3) is 5.56 Å². The molecule has 0 amide bonds. The maximum absolute atomic E-state index is 13.6. The summed E-state index contributed by atoms with van der Waals surface area (Å²) in [7, 11) is -4.60. The van der Waals surface area contributed by atoms with Gasteiger partial charge in [-0.3, -0.25) is 4.79 Å².